The minimum Gasteiger partial charge on any atom is -0.464 e. The highest BCUT2D eigenvalue weighted by atomic mass is 16.7. The van der Waals surface area contributed by atoms with Crippen molar-refractivity contribution in [3.05, 3.63) is 65.7 Å². The maximum Gasteiger partial charge on any atom is 0.344 e. The fourth-order valence-corrected chi connectivity index (χ4v) is 3.45. The molecule has 4 rings (SSSR count). The summed E-state index contributed by atoms with van der Waals surface area (Å²) in [5.74, 6) is 0.249. The van der Waals surface area contributed by atoms with Crippen LogP contribution in [0, 0.1) is 0 Å². The van der Waals surface area contributed by atoms with Crippen LogP contribution in [-0.2, 0) is 19.9 Å². The molecule has 1 saturated heterocycles. The van der Waals surface area contributed by atoms with Crippen molar-refractivity contribution in [3.63, 3.8) is 0 Å². The van der Waals surface area contributed by atoms with Crippen molar-refractivity contribution in [1.29, 1.82) is 0 Å². The number of ether oxygens (including phenoxy) is 3. The second-order valence-electron chi connectivity index (χ2n) is 6.35. The number of rotatable bonds is 4. The third-order valence-corrected chi connectivity index (χ3v) is 4.90. The van der Waals surface area contributed by atoms with Gasteiger partial charge in [0.2, 0.25) is 11.9 Å². The van der Waals surface area contributed by atoms with Crippen LogP contribution in [0.15, 0.2) is 54.6 Å². The Labute approximate surface area is 141 Å². The molecule has 0 unspecified atom stereocenters. The van der Waals surface area contributed by atoms with Gasteiger partial charge in [-0.15, -0.1) is 0 Å². The number of carbonyl (C=O) groups is 1. The lowest BCUT2D eigenvalue weighted by Crippen LogP contribution is -2.61. The lowest BCUT2D eigenvalue weighted by atomic mass is 9.73. The standard InChI is InChI=1S/C20H20O4/c1-3-13(2)22-19(21)20(14-9-5-4-6-10-14)17-15-11-7-8-12-16(15)23-18(17)24-20/h4-13,17-18H,3H2,1-2H3/t13-,17+,18+,20+/m0/s1. The van der Waals surface area contributed by atoms with Gasteiger partial charge in [0.25, 0.3) is 0 Å². The van der Waals surface area contributed by atoms with Gasteiger partial charge in [0.1, 0.15) is 5.75 Å². The van der Waals surface area contributed by atoms with Crippen LogP contribution in [0.25, 0.3) is 0 Å². The van der Waals surface area contributed by atoms with E-state index in [1.165, 1.54) is 0 Å². The molecule has 0 aromatic heterocycles. The maximum atomic E-state index is 13.1. The van der Waals surface area contributed by atoms with Gasteiger partial charge in [0.15, 0.2) is 0 Å². The van der Waals surface area contributed by atoms with E-state index >= 15 is 0 Å². The van der Waals surface area contributed by atoms with E-state index in [1.807, 2.05) is 68.4 Å². The van der Waals surface area contributed by atoms with Gasteiger partial charge in [0, 0.05) is 5.56 Å². The molecule has 2 aliphatic heterocycles. The van der Waals surface area contributed by atoms with Gasteiger partial charge >= 0.3 is 5.97 Å². The van der Waals surface area contributed by atoms with E-state index in [9.17, 15) is 4.79 Å². The molecule has 0 bridgehead atoms. The molecule has 4 nitrogen and oxygen atoms in total. The van der Waals surface area contributed by atoms with Gasteiger partial charge in [-0.2, -0.15) is 0 Å². The average molecular weight is 324 g/mol. The monoisotopic (exact) mass is 324 g/mol. The number of hydrogen-bond donors (Lipinski definition) is 0. The molecule has 24 heavy (non-hydrogen) atoms. The third-order valence-electron chi connectivity index (χ3n) is 4.90. The Balaban J connectivity index is 1.78. The zero-order chi connectivity index (χ0) is 16.7. The first-order valence-corrected chi connectivity index (χ1v) is 8.37. The summed E-state index contributed by atoms with van der Waals surface area (Å²) in [6.07, 6.45) is 0.169. The van der Waals surface area contributed by atoms with E-state index in [2.05, 4.69) is 0 Å². The summed E-state index contributed by atoms with van der Waals surface area (Å²) >= 11 is 0. The minimum atomic E-state index is -1.14. The summed E-state index contributed by atoms with van der Waals surface area (Å²) in [5.41, 5.74) is 0.667. The van der Waals surface area contributed by atoms with Gasteiger partial charge in [-0.3, -0.25) is 0 Å². The van der Waals surface area contributed by atoms with Crippen LogP contribution in [0.2, 0.25) is 0 Å². The zero-order valence-electron chi connectivity index (χ0n) is 13.8. The highest BCUT2D eigenvalue weighted by Gasteiger charge is 2.67. The van der Waals surface area contributed by atoms with E-state index in [0.717, 1.165) is 23.3 Å². The van der Waals surface area contributed by atoms with Crippen LogP contribution in [0.4, 0.5) is 0 Å². The number of esters is 1. The smallest absolute Gasteiger partial charge is 0.344 e. The summed E-state index contributed by atoms with van der Waals surface area (Å²) in [5, 5.41) is 0. The zero-order valence-corrected chi connectivity index (χ0v) is 13.8. The number of hydrogen-bond acceptors (Lipinski definition) is 4. The molecule has 2 aromatic carbocycles. The van der Waals surface area contributed by atoms with Crippen molar-refractivity contribution < 1.29 is 19.0 Å². The summed E-state index contributed by atoms with van der Waals surface area (Å²) in [6, 6.07) is 17.3. The fraction of sp³-hybridized carbons (Fsp3) is 0.350. The Morgan fingerprint density at radius 3 is 2.62 bits per heavy atom. The van der Waals surface area contributed by atoms with E-state index in [0.29, 0.717) is 0 Å². The van der Waals surface area contributed by atoms with Crippen molar-refractivity contribution in [1.82, 2.24) is 0 Å². The average Bonchev–Trinajstić information content (AvgIpc) is 2.89. The van der Waals surface area contributed by atoms with Gasteiger partial charge < -0.3 is 14.2 Å². The highest BCUT2D eigenvalue weighted by Crippen LogP contribution is 2.59. The molecule has 124 valence electrons. The first kappa shape index (κ1) is 15.2. The molecule has 2 aromatic rings. The Bertz CT molecular complexity index is 757. The van der Waals surface area contributed by atoms with Crippen molar-refractivity contribution in [2.75, 3.05) is 0 Å². The number of para-hydroxylation sites is 1. The first-order valence-electron chi connectivity index (χ1n) is 8.37. The van der Waals surface area contributed by atoms with Crippen LogP contribution >= 0.6 is 0 Å². The number of carbonyl (C=O) groups excluding carboxylic acids is 1. The largest absolute Gasteiger partial charge is 0.464 e. The normalized spacial score (nSPS) is 28.1. The molecule has 4 atom stereocenters. The Morgan fingerprint density at radius 2 is 1.88 bits per heavy atom. The van der Waals surface area contributed by atoms with Gasteiger partial charge in [-0.05, 0) is 25.0 Å². The van der Waals surface area contributed by atoms with Crippen molar-refractivity contribution in [3.8, 4) is 5.75 Å². The van der Waals surface area contributed by atoms with Crippen molar-refractivity contribution in [2.24, 2.45) is 0 Å². The van der Waals surface area contributed by atoms with Crippen molar-refractivity contribution in [2.45, 2.75) is 44.2 Å². The lowest BCUT2D eigenvalue weighted by molar-refractivity contribution is -0.292. The molecule has 0 aliphatic carbocycles. The van der Waals surface area contributed by atoms with E-state index < -0.39 is 11.9 Å². The summed E-state index contributed by atoms with van der Waals surface area (Å²) < 4.78 is 17.5. The van der Waals surface area contributed by atoms with E-state index in [-0.39, 0.29) is 18.0 Å². The molecule has 1 fully saturated rings. The van der Waals surface area contributed by atoms with Crippen molar-refractivity contribution >= 4 is 5.97 Å². The highest BCUT2D eigenvalue weighted by molar-refractivity contribution is 5.85. The Kier molecular flexibility index (Phi) is 3.57. The van der Waals surface area contributed by atoms with Crippen LogP contribution in [0.5, 0.6) is 5.75 Å². The molecule has 0 amide bonds. The SMILES string of the molecule is CC[C@H](C)OC(=O)[C@]1(c2ccccc2)O[C@H]2Oc3ccccc3[C@H]21. The fourth-order valence-electron chi connectivity index (χ4n) is 3.45. The van der Waals surface area contributed by atoms with Crippen LogP contribution in [0.1, 0.15) is 37.3 Å². The van der Waals surface area contributed by atoms with Gasteiger partial charge in [0.05, 0.1) is 12.0 Å². The second kappa shape index (κ2) is 5.64. The molecular weight excluding hydrogens is 304 g/mol. The number of fused-ring (bicyclic) bond motifs is 3. The van der Waals surface area contributed by atoms with E-state index in [1.54, 1.807) is 0 Å². The predicted octanol–water partition coefficient (Wildman–Crippen LogP) is 3.76. The molecule has 0 saturated carbocycles. The molecule has 0 spiro atoms. The molecule has 4 heteroatoms. The summed E-state index contributed by atoms with van der Waals surface area (Å²) in [7, 11) is 0. The molecule has 2 heterocycles. The molecular formula is C20H20O4. The predicted molar refractivity (Wildman–Crippen MR) is 88.6 cm³/mol. The quantitative estimate of drug-likeness (QED) is 0.803. The summed E-state index contributed by atoms with van der Waals surface area (Å²) in [4.78, 5) is 13.1. The number of benzene rings is 2. The first-order chi connectivity index (χ1) is 11.7. The molecule has 0 radical (unpaired) electrons. The lowest BCUT2D eigenvalue weighted by Gasteiger charge is -2.48. The van der Waals surface area contributed by atoms with E-state index in [4.69, 9.17) is 14.2 Å². The molecule has 0 N–H and O–H groups in total. The maximum absolute atomic E-state index is 13.1. The van der Waals surface area contributed by atoms with Crippen LogP contribution < -0.4 is 4.74 Å². The van der Waals surface area contributed by atoms with Crippen LogP contribution in [-0.4, -0.2) is 18.4 Å². The van der Waals surface area contributed by atoms with Gasteiger partial charge in [-0.1, -0.05) is 55.5 Å². The molecule has 2 aliphatic rings. The van der Waals surface area contributed by atoms with Gasteiger partial charge in [-0.25, -0.2) is 4.79 Å². The minimum absolute atomic E-state index is 0.154. The van der Waals surface area contributed by atoms with Crippen LogP contribution in [0.3, 0.4) is 0 Å². The topological polar surface area (TPSA) is 44.8 Å². The Hall–Kier alpha value is -2.33. The third kappa shape index (κ3) is 2.06. The Morgan fingerprint density at radius 1 is 1.17 bits per heavy atom. The summed E-state index contributed by atoms with van der Waals surface area (Å²) in [6.45, 7) is 3.89. The second-order valence-corrected chi connectivity index (χ2v) is 6.35.